The summed E-state index contributed by atoms with van der Waals surface area (Å²) in [5, 5.41) is 18.0. The minimum atomic E-state index is -0.0697. The van der Waals surface area contributed by atoms with Crippen molar-refractivity contribution in [2.45, 2.75) is 45.7 Å². The standard InChI is InChI=1S/C23H36N8O/c1-5-31-13-7-10-20(31)15-26-23(27-16-21-29-28-17(2)30(21)4)25-12-11-18-8-6-9-19(14-18)22(32)24-3/h6,8-9,14,20H,5,7,10-13,15-16H2,1-4H3,(H,24,32)(H2,25,26,27). The van der Waals surface area contributed by atoms with Gasteiger partial charge in [0.15, 0.2) is 11.8 Å². The lowest BCUT2D eigenvalue weighted by molar-refractivity contribution is 0.0963. The molecule has 0 radical (unpaired) electrons. The zero-order valence-corrected chi connectivity index (χ0v) is 19.7. The summed E-state index contributed by atoms with van der Waals surface area (Å²) < 4.78 is 1.96. The highest BCUT2D eigenvalue weighted by molar-refractivity contribution is 5.94. The molecule has 3 N–H and O–H groups in total. The molecule has 1 unspecified atom stereocenters. The molecule has 0 spiro atoms. The van der Waals surface area contributed by atoms with E-state index in [1.807, 2.05) is 42.8 Å². The van der Waals surface area contributed by atoms with Gasteiger partial charge < -0.3 is 20.5 Å². The van der Waals surface area contributed by atoms with Gasteiger partial charge in [-0.05, 0) is 57.0 Å². The molecule has 0 aliphatic carbocycles. The van der Waals surface area contributed by atoms with Crippen LogP contribution in [0.2, 0.25) is 0 Å². The van der Waals surface area contributed by atoms with Gasteiger partial charge in [-0.1, -0.05) is 19.1 Å². The first-order valence-corrected chi connectivity index (χ1v) is 11.4. The molecule has 1 aliphatic rings. The highest BCUT2D eigenvalue weighted by Crippen LogP contribution is 2.15. The largest absolute Gasteiger partial charge is 0.356 e. The van der Waals surface area contributed by atoms with Crippen molar-refractivity contribution in [2.24, 2.45) is 12.0 Å². The Labute approximate surface area is 190 Å². The van der Waals surface area contributed by atoms with Gasteiger partial charge in [-0.3, -0.25) is 9.69 Å². The lowest BCUT2D eigenvalue weighted by Gasteiger charge is -2.24. The van der Waals surface area contributed by atoms with Crippen molar-refractivity contribution in [3.05, 3.63) is 47.0 Å². The quantitative estimate of drug-likeness (QED) is 0.401. The number of benzene rings is 1. The Bertz CT molecular complexity index is 922. The number of aromatic nitrogens is 3. The highest BCUT2D eigenvalue weighted by atomic mass is 16.1. The zero-order valence-electron chi connectivity index (χ0n) is 19.7. The molecule has 0 bridgehead atoms. The maximum Gasteiger partial charge on any atom is 0.251 e. The second-order valence-electron chi connectivity index (χ2n) is 8.15. The molecule has 1 aliphatic heterocycles. The molecule has 2 aromatic rings. The number of nitrogens with zero attached hydrogens (tertiary/aromatic N) is 5. The van der Waals surface area contributed by atoms with Gasteiger partial charge in [0.2, 0.25) is 0 Å². The van der Waals surface area contributed by atoms with E-state index >= 15 is 0 Å². The molecular formula is C23H36N8O. The van der Waals surface area contributed by atoms with Gasteiger partial charge in [0, 0.05) is 38.8 Å². The average molecular weight is 441 g/mol. The van der Waals surface area contributed by atoms with E-state index in [0.29, 0.717) is 24.7 Å². The lowest BCUT2D eigenvalue weighted by Crippen LogP contribution is -2.45. The van der Waals surface area contributed by atoms with E-state index in [-0.39, 0.29) is 5.91 Å². The molecule has 1 atom stereocenters. The Morgan fingerprint density at radius 2 is 2.12 bits per heavy atom. The molecule has 174 valence electrons. The minimum absolute atomic E-state index is 0.0697. The van der Waals surface area contributed by atoms with E-state index in [2.05, 4.69) is 38.0 Å². The van der Waals surface area contributed by atoms with Crippen molar-refractivity contribution in [3.8, 4) is 0 Å². The van der Waals surface area contributed by atoms with Crippen molar-refractivity contribution in [1.29, 1.82) is 0 Å². The van der Waals surface area contributed by atoms with Crippen LogP contribution in [-0.2, 0) is 20.0 Å². The molecular weight excluding hydrogens is 404 g/mol. The van der Waals surface area contributed by atoms with Gasteiger partial charge in [0.05, 0.1) is 0 Å². The fraction of sp³-hybridized carbons (Fsp3) is 0.565. The number of hydrogen-bond donors (Lipinski definition) is 3. The molecule has 32 heavy (non-hydrogen) atoms. The van der Waals surface area contributed by atoms with E-state index < -0.39 is 0 Å². The van der Waals surface area contributed by atoms with Gasteiger partial charge in [0.1, 0.15) is 12.4 Å². The lowest BCUT2D eigenvalue weighted by atomic mass is 10.1. The van der Waals surface area contributed by atoms with Crippen molar-refractivity contribution < 1.29 is 4.79 Å². The fourth-order valence-corrected chi connectivity index (χ4v) is 4.01. The van der Waals surface area contributed by atoms with Crippen LogP contribution >= 0.6 is 0 Å². The van der Waals surface area contributed by atoms with Crippen LogP contribution in [0.15, 0.2) is 29.3 Å². The summed E-state index contributed by atoms with van der Waals surface area (Å²) in [4.78, 5) is 19.2. The Morgan fingerprint density at radius 1 is 1.28 bits per heavy atom. The molecule has 1 amide bonds. The predicted octanol–water partition coefficient (Wildman–Crippen LogP) is 1.25. The van der Waals surface area contributed by atoms with Gasteiger partial charge in [0.25, 0.3) is 5.91 Å². The normalized spacial score (nSPS) is 16.9. The van der Waals surface area contributed by atoms with Crippen molar-refractivity contribution >= 4 is 11.9 Å². The monoisotopic (exact) mass is 440 g/mol. The third-order valence-electron chi connectivity index (χ3n) is 6.09. The second kappa shape index (κ2) is 11.6. The van der Waals surface area contributed by atoms with Crippen LogP contribution in [0.4, 0.5) is 0 Å². The number of guanidine groups is 1. The maximum absolute atomic E-state index is 11.9. The van der Waals surface area contributed by atoms with E-state index in [4.69, 9.17) is 4.99 Å². The number of carbonyl (C=O) groups is 1. The van der Waals surface area contributed by atoms with Crippen molar-refractivity contribution in [1.82, 2.24) is 35.6 Å². The first-order chi connectivity index (χ1) is 15.5. The third kappa shape index (κ3) is 6.29. The summed E-state index contributed by atoms with van der Waals surface area (Å²) in [6.07, 6.45) is 3.25. The molecule has 9 nitrogen and oxygen atoms in total. The molecule has 9 heteroatoms. The number of nitrogens with one attached hydrogen (secondary N) is 3. The number of amides is 1. The number of hydrogen-bond acceptors (Lipinski definition) is 5. The predicted molar refractivity (Wildman–Crippen MR) is 127 cm³/mol. The summed E-state index contributed by atoms with van der Waals surface area (Å²) in [5.74, 6) is 2.41. The van der Waals surface area contributed by atoms with E-state index in [1.54, 1.807) is 7.05 Å². The number of carbonyl (C=O) groups excluding carboxylic acids is 1. The topological polar surface area (TPSA) is 99.5 Å². The summed E-state index contributed by atoms with van der Waals surface area (Å²) in [6.45, 7) is 8.43. The van der Waals surface area contributed by atoms with Crippen LogP contribution < -0.4 is 16.0 Å². The van der Waals surface area contributed by atoms with Gasteiger partial charge >= 0.3 is 0 Å². The van der Waals surface area contributed by atoms with Gasteiger partial charge in [-0.15, -0.1) is 10.2 Å². The van der Waals surface area contributed by atoms with Gasteiger partial charge in [-0.25, -0.2) is 4.99 Å². The molecule has 0 saturated carbocycles. The SMILES string of the molecule is CCN1CCCC1CNC(=NCc1nnc(C)n1C)NCCc1cccc(C(=O)NC)c1. The Balaban J connectivity index is 1.61. The van der Waals surface area contributed by atoms with Crippen LogP contribution in [0.5, 0.6) is 0 Å². The first kappa shape index (κ1) is 23.7. The zero-order chi connectivity index (χ0) is 22.9. The number of likely N-dealkylation sites (N-methyl/N-ethyl adjacent to an activating group) is 1. The van der Waals surface area contributed by atoms with Crippen LogP contribution in [0.3, 0.4) is 0 Å². The minimum Gasteiger partial charge on any atom is -0.356 e. The molecule has 2 heterocycles. The molecule has 1 saturated heterocycles. The highest BCUT2D eigenvalue weighted by Gasteiger charge is 2.22. The number of likely N-dealkylation sites (tertiary alicyclic amines) is 1. The summed E-state index contributed by atoms with van der Waals surface area (Å²) in [7, 11) is 3.60. The number of rotatable bonds is 9. The van der Waals surface area contributed by atoms with E-state index in [1.165, 1.54) is 19.4 Å². The van der Waals surface area contributed by atoms with Crippen molar-refractivity contribution in [2.75, 3.05) is 33.2 Å². The Hall–Kier alpha value is -2.94. The number of aliphatic imine (C=N–C) groups is 1. The van der Waals surface area contributed by atoms with Crippen LogP contribution in [-0.4, -0.2) is 70.8 Å². The van der Waals surface area contributed by atoms with Crippen molar-refractivity contribution in [3.63, 3.8) is 0 Å². The second-order valence-corrected chi connectivity index (χ2v) is 8.15. The fourth-order valence-electron chi connectivity index (χ4n) is 4.01. The summed E-state index contributed by atoms with van der Waals surface area (Å²) >= 11 is 0. The van der Waals surface area contributed by atoms with Crippen LogP contribution in [0.25, 0.3) is 0 Å². The van der Waals surface area contributed by atoms with E-state index in [0.717, 1.165) is 42.7 Å². The summed E-state index contributed by atoms with van der Waals surface area (Å²) in [6, 6.07) is 8.26. The first-order valence-electron chi connectivity index (χ1n) is 11.4. The maximum atomic E-state index is 11.9. The Kier molecular flexibility index (Phi) is 8.61. The summed E-state index contributed by atoms with van der Waals surface area (Å²) in [5.41, 5.74) is 1.78. The molecule has 1 fully saturated rings. The molecule has 1 aromatic carbocycles. The van der Waals surface area contributed by atoms with Crippen LogP contribution in [0, 0.1) is 6.92 Å². The van der Waals surface area contributed by atoms with Crippen LogP contribution in [0.1, 0.15) is 47.3 Å². The molecule has 1 aromatic heterocycles. The third-order valence-corrected chi connectivity index (χ3v) is 6.09. The molecule has 3 rings (SSSR count). The van der Waals surface area contributed by atoms with Gasteiger partial charge in [-0.2, -0.15) is 0 Å². The average Bonchev–Trinajstić information content (AvgIpc) is 3.41. The number of aryl methyl sites for hydroxylation is 1. The Morgan fingerprint density at radius 3 is 2.84 bits per heavy atom. The van der Waals surface area contributed by atoms with E-state index in [9.17, 15) is 4.79 Å². The smallest absolute Gasteiger partial charge is 0.251 e.